The van der Waals surface area contributed by atoms with Crippen LogP contribution in [0.2, 0.25) is 0 Å². The fourth-order valence-electron chi connectivity index (χ4n) is 1.34. The summed E-state index contributed by atoms with van der Waals surface area (Å²) in [6, 6.07) is -0.00868. The van der Waals surface area contributed by atoms with Crippen LogP contribution in [0.3, 0.4) is 0 Å². The van der Waals surface area contributed by atoms with Crippen molar-refractivity contribution in [1.82, 2.24) is 9.03 Å². The van der Waals surface area contributed by atoms with Gasteiger partial charge in [0.2, 0.25) is 0 Å². The Hall–Kier alpha value is -0.170. The van der Waals surface area contributed by atoms with Gasteiger partial charge in [0.15, 0.2) is 0 Å². The van der Waals surface area contributed by atoms with Gasteiger partial charge in [0.25, 0.3) is 10.2 Å². The van der Waals surface area contributed by atoms with Crippen LogP contribution in [0.1, 0.15) is 20.3 Å². The van der Waals surface area contributed by atoms with Crippen LogP contribution in [0.25, 0.3) is 0 Å². The van der Waals surface area contributed by atoms with Gasteiger partial charge in [-0.25, -0.2) is 4.72 Å². The molecule has 0 radical (unpaired) electrons. The molecule has 1 saturated heterocycles. The molecular formula is C8H19N3O2S. The van der Waals surface area contributed by atoms with Crippen LogP contribution in [0.15, 0.2) is 0 Å². The second-order valence-electron chi connectivity index (χ2n) is 4.15. The smallest absolute Gasteiger partial charge is 0.279 e. The van der Waals surface area contributed by atoms with E-state index in [4.69, 9.17) is 5.73 Å². The van der Waals surface area contributed by atoms with Crippen molar-refractivity contribution in [1.29, 1.82) is 0 Å². The van der Waals surface area contributed by atoms with Gasteiger partial charge in [-0.05, 0) is 12.3 Å². The Morgan fingerprint density at radius 3 is 2.64 bits per heavy atom. The molecule has 1 unspecified atom stereocenters. The third-order valence-corrected chi connectivity index (χ3v) is 3.74. The highest BCUT2D eigenvalue weighted by Gasteiger charge is 2.28. The van der Waals surface area contributed by atoms with Crippen molar-refractivity contribution in [3.05, 3.63) is 0 Å². The Morgan fingerprint density at radius 1 is 1.57 bits per heavy atom. The minimum atomic E-state index is -3.28. The zero-order valence-electron chi connectivity index (χ0n) is 8.73. The zero-order chi connectivity index (χ0) is 10.8. The average Bonchev–Trinajstić information content (AvgIpc) is 2.49. The van der Waals surface area contributed by atoms with Gasteiger partial charge in [-0.2, -0.15) is 12.7 Å². The summed E-state index contributed by atoms with van der Waals surface area (Å²) in [6.07, 6.45) is 0.753. The third-order valence-electron chi connectivity index (χ3n) is 2.20. The van der Waals surface area contributed by atoms with Gasteiger partial charge in [-0.15, -0.1) is 0 Å². The van der Waals surface area contributed by atoms with Crippen LogP contribution in [0.5, 0.6) is 0 Å². The second kappa shape index (κ2) is 4.57. The van der Waals surface area contributed by atoms with E-state index in [2.05, 4.69) is 4.72 Å². The van der Waals surface area contributed by atoms with Crippen LogP contribution >= 0.6 is 0 Å². The van der Waals surface area contributed by atoms with Gasteiger partial charge in [-0.1, -0.05) is 13.8 Å². The molecule has 0 bridgehead atoms. The number of nitrogens with one attached hydrogen (secondary N) is 1. The van der Waals surface area contributed by atoms with Crippen molar-refractivity contribution in [3.63, 3.8) is 0 Å². The lowest BCUT2D eigenvalue weighted by molar-refractivity contribution is 0.454. The molecule has 6 heteroatoms. The van der Waals surface area contributed by atoms with Crippen molar-refractivity contribution in [2.45, 2.75) is 26.3 Å². The first-order chi connectivity index (χ1) is 6.42. The van der Waals surface area contributed by atoms with Crippen LogP contribution in [-0.4, -0.2) is 38.4 Å². The highest BCUT2D eigenvalue weighted by Crippen LogP contribution is 2.10. The van der Waals surface area contributed by atoms with Crippen molar-refractivity contribution in [3.8, 4) is 0 Å². The molecule has 1 heterocycles. The summed E-state index contributed by atoms with van der Waals surface area (Å²) in [5, 5.41) is 0. The molecule has 0 aromatic carbocycles. The lowest BCUT2D eigenvalue weighted by Crippen LogP contribution is -2.41. The number of rotatable bonds is 4. The first kappa shape index (κ1) is 11.9. The van der Waals surface area contributed by atoms with E-state index in [1.165, 1.54) is 4.31 Å². The summed E-state index contributed by atoms with van der Waals surface area (Å²) in [5.74, 6) is 0.320. The molecule has 0 aliphatic carbocycles. The molecular weight excluding hydrogens is 202 g/mol. The third kappa shape index (κ3) is 3.20. The van der Waals surface area contributed by atoms with Gasteiger partial charge in [0, 0.05) is 25.7 Å². The molecule has 5 nitrogen and oxygen atoms in total. The number of nitrogens with two attached hydrogens (primary N) is 1. The largest absolute Gasteiger partial charge is 0.326 e. The van der Waals surface area contributed by atoms with Crippen LogP contribution in [-0.2, 0) is 10.2 Å². The summed E-state index contributed by atoms with van der Waals surface area (Å²) in [5.41, 5.74) is 5.64. The van der Waals surface area contributed by atoms with Crippen LogP contribution < -0.4 is 10.5 Å². The Morgan fingerprint density at radius 2 is 2.21 bits per heavy atom. The fraction of sp³-hybridized carbons (Fsp3) is 1.00. The molecule has 84 valence electrons. The van der Waals surface area contributed by atoms with E-state index in [1.54, 1.807) is 0 Å². The Balaban J connectivity index is 2.49. The Bertz CT molecular complexity index is 276. The Kier molecular flexibility index (Phi) is 3.88. The topological polar surface area (TPSA) is 75.4 Å². The van der Waals surface area contributed by atoms with Crippen molar-refractivity contribution >= 4 is 10.2 Å². The first-order valence-corrected chi connectivity index (χ1v) is 6.36. The van der Waals surface area contributed by atoms with E-state index in [1.807, 2.05) is 13.8 Å². The first-order valence-electron chi connectivity index (χ1n) is 4.92. The van der Waals surface area contributed by atoms with Crippen molar-refractivity contribution in [2.24, 2.45) is 11.7 Å². The lowest BCUT2D eigenvalue weighted by atomic mass is 10.2. The normalized spacial score (nSPS) is 24.7. The molecule has 1 rings (SSSR count). The molecule has 3 N–H and O–H groups in total. The summed E-state index contributed by atoms with van der Waals surface area (Å²) >= 11 is 0. The zero-order valence-corrected chi connectivity index (χ0v) is 9.55. The van der Waals surface area contributed by atoms with Crippen LogP contribution in [0, 0.1) is 5.92 Å². The minimum absolute atomic E-state index is 0.00868. The lowest BCUT2D eigenvalue weighted by Gasteiger charge is -2.17. The van der Waals surface area contributed by atoms with Gasteiger partial charge in [0.1, 0.15) is 0 Å². The highest BCUT2D eigenvalue weighted by atomic mass is 32.2. The Labute approximate surface area is 85.8 Å². The average molecular weight is 221 g/mol. The molecule has 0 amide bonds. The maximum absolute atomic E-state index is 11.6. The molecule has 1 fully saturated rings. The van der Waals surface area contributed by atoms with E-state index >= 15 is 0 Å². The van der Waals surface area contributed by atoms with E-state index in [9.17, 15) is 8.42 Å². The number of nitrogens with zero attached hydrogens (tertiary/aromatic N) is 1. The molecule has 1 aliphatic heterocycles. The molecule has 14 heavy (non-hydrogen) atoms. The summed E-state index contributed by atoms with van der Waals surface area (Å²) in [6.45, 7) is 5.40. The standard InChI is InChI=1S/C8H19N3O2S/c1-7(2)5-10-14(12,13)11-4-3-8(9)6-11/h7-8,10H,3-6,9H2,1-2H3. The maximum atomic E-state index is 11.6. The number of hydrogen-bond donors (Lipinski definition) is 2. The summed E-state index contributed by atoms with van der Waals surface area (Å²) in [7, 11) is -3.28. The van der Waals surface area contributed by atoms with Crippen molar-refractivity contribution < 1.29 is 8.42 Å². The second-order valence-corrected chi connectivity index (χ2v) is 5.91. The highest BCUT2D eigenvalue weighted by molar-refractivity contribution is 7.87. The number of hydrogen-bond acceptors (Lipinski definition) is 3. The quantitative estimate of drug-likeness (QED) is 0.672. The van der Waals surface area contributed by atoms with Gasteiger partial charge in [-0.3, -0.25) is 0 Å². The SMILES string of the molecule is CC(C)CNS(=O)(=O)N1CCC(N)C1. The summed E-state index contributed by atoms with van der Waals surface area (Å²) in [4.78, 5) is 0. The maximum Gasteiger partial charge on any atom is 0.279 e. The predicted octanol–water partition coefficient (Wildman–Crippen LogP) is -0.490. The van der Waals surface area contributed by atoms with E-state index in [0.717, 1.165) is 6.42 Å². The minimum Gasteiger partial charge on any atom is -0.326 e. The summed E-state index contributed by atoms with van der Waals surface area (Å²) < 4.78 is 27.3. The van der Waals surface area contributed by atoms with Gasteiger partial charge < -0.3 is 5.73 Å². The molecule has 0 aromatic heterocycles. The van der Waals surface area contributed by atoms with E-state index in [0.29, 0.717) is 25.6 Å². The fourth-order valence-corrected chi connectivity index (χ4v) is 2.80. The van der Waals surface area contributed by atoms with Gasteiger partial charge in [0.05, 0.1) is 0 Å². The van der Waals surface area contributed by atoms with Gasteiger partial charge >= 0.3 is 0 Å². The van der Waals surface area contributed by atoms with E-state index in [-0.39, 0.29) is 6.04 Å². The predicted molar refractivity (Wildman–Crippen MR) is 55.9 cm³/mol. The van der Waals surface area contributed by atoms with Crippen LogP contribution in [0.4, 0.5) is 0 Å². The van der Waals surface area contributed by atoms with E-state index < -0.39 is 10.2 Å². The molecule has 0 aromatic rings. The molecule has 0 spiro atoms. The molecule has 1 aliphatic rings. The molecule has 1 atom stereocenters. The monoisotopic (exact) mass is 221 g/mol. The van der Waals surface area contributed by atoms with Crippen molar-refractivity contribution in [2.75, 3.05) is 19.6 Å². The molecule has 0 saturated carbocycles.